The maximum Gasteiger partial charge on any atom is 0.334 e. The molecular weight excluding hydrogens is 630 g/mol. The Morgan fingerprint density at radius 2 is 1.72 bits per heavy atom. The van der Waals surface area contributed by atoms with Gasteiger partial charge in [0.2, 0.25) is 5.79 Å². The fourth-order valence-corrected chi connectivity index (χ4v) is 10.5. The summed E-state index contributed by atoms with van der Waals surface area (Å²) >= 11 is 0. The molecule has 276 valence electrons. The topological polar surface area (TPSA) is 107 Å². The number of hydrogen-bond donors (Lipinski definition) is 2. The van der Waals surface area contributed by atoms with Gasteiger partial charge in [0.25, 0.3) is 0 Å². The van der Waals surface area contributed by atoms with Crippen LogP contribution in [0.3, 0.4) is 0 Å². The first-order chi connectivity index (χ1) is 23.6. The van der Waals surface area contributed by atoms with Gasteiger partial charge in [-0.05, 0) is 121 Å². The largest absolute Gasteiger partial charge is 0.450 e. The zero-order valence-electron chi connectivity index (χ0n) is 31.4. The van der Waals surface area contributed by atoms with E-state index in [2.05, 4.69) is 40.3 Å². The summed E-state index contributed by atoms with van der Waals surface area (Å²) in [5, 5.41) is 23.4. The van der Waals surface area contributed by atoms with Gasteiger partial charge in [-0.15, -0.1) is 0 Å². The van der Waals surface area contributed by atoms with Crippen LogP contribution in [0.15, 0.2) is 51.6 Å². The highest BCUT2D eigenvalue weighted by atomic mass is 16.8. The molecule has 3 spiro atoms. The standard InChI is InChI=1S/C42H61NO7/c1-25-9-8-10-37-40(23-28(4)29(5)24-43-37)15-13-33(36-21-27(3)38(45)47-36)30(6)34(40)20-26(2)35(44)22-32-12-16-41(48-32)17-18-42(50-41)39(7,46)14-11-31(19-25)49-42/h20-21,28-29,31-32,34-36,44,46H,1,8-19,22-24H2,2-7H3/b26-20-/t28-,29-,31+,32-,34+,35-,36+,39+,40-,41+,42+/m1/s1. The smallest absolute Gasteiger partial charge is 0.334 e. The molecule has 0 amide bonds. The summed E-state index contributed by atoms with van der Waals surface area (Å²) in [5.41, 5.74) is 5.21. The molecule has 0 aromatic carbocycles. The monoisotopic (exact) mass is 691 g/mol. The van der Waals surface area contributed by atoms with Crippen LogP contribution >= 0.6 is 0 Å². The predicted molar refractivity (Wildman–Crippen MR) is 193 cm³/mol. The van der Waals surface area contributed by atoms with Crippen LogP contribution in [0.2, 0.25) is 0 Å². The molecule has 2 N–H and O–H groups in total. The summed E-state index contributed by atoms with van der Waals surface area (Å²) < 4.78 is 26.1. The van der Waals surface area contributed by atoms with E-state index in [4.69, 9.17) is 23.9 Å². The van der Waals surface area contributed by atoms with Crippen LogP contribution < -0.4 is 0 Å². The normalized spacial score (nSPS) is 47.0. The van der Waals surface area contributed by atoms with Gasteiger partial charge in [-0.3, -0.25) is 4.99 Å². The molecule has 7 rings (SSSR count). The van der Waals surface area contributed by atoms with Crippen molar-refractivity contribution in [3.05, 3.63) is 46.6 Å². The number of nitrogens with zero attached hydrogens (tertiary/aromatic N) is 1. The van der Waals surface area contributed by atoms with E-state index in [0.717, 1.165) is 69.9 Å². The number of ether oxygens (including phenoxy) is 4. The number of aliphatic imine (C=N–C) groups is 1. The Kier molecular flexibility index (Phi) is 9.71. The Morgan fingerprint density at radius 1 is 0.940 bits per heavy atom. The van der Waals surface area contributed by atoms with Crippen LogP contribution in [0.5, 0.6) is 0 Å². The zero-order chi connectivity index (χ0) is 35.6. The predicted octanol–water partition coefficient (Wildman–Crippen LogP) is 7.83. The Hall–Kier alpha value is -2.10. The number of esters is 1. The minimum absolute atomic E-state index is 0.0226. The summed E-state index contributed by atoms with van der Waals surface area (Å²) in [5.74, 6) is -1.16. The number of aliphatic hydroxyl groups excluding tert-OH is 1. The highest BCUT2D eigenvalue weighted by molar-refractivity contribution is 5.92. The van der Waals surface area contributed by atoms with Crippen LogP contribution in [0.4, 0.5) is 0 Å². The molecule has 1 aliphatic carbocycles. The molecule has 0 aromatic heterocycles. The van der Waals surface area contributed by atoms with Gasteiger partial charge in [-0.1, -0.05) is 37.6 Å². The van der Waals surface area contributed by atoms with Crippen molar-refractivity contribution in [1.29, 1.82) is 0 Å². The van der Waals surface area contributed by atoms with Crippen LogP contribution in [0.1, 0.15) is 131 Å². The number of carbonyl (C=O) groups is 1. The Balaban J connectivity index is 1.27. The molecule has 4 bridgehead atoms. The van der Waals surface area contributed by atoms with E-state index in [-0.39, 0.29) is 35.6 Å². The lowest BCUT2D eigenvalue weighted by Crippen LogP contribution is -2.60. The number of hydrogen-bond acceptors (Lipinski definition) is 8. The SMILES string of the molecule is C=C1CCCC2=NC[C@@H](C)[C@H](C)C[C@@]23CCC([C@@H]2C=C(C)C(=O)O2)=C(C)[C@@H]3/C=C(/C)[C@H](O)C[C@H]2CC[C@]3(CC[C@]4(O[C@@H](CC[C@]4(C)O)C1)O3)O2. The van der Waals surface area contributed by atoms with Crippen molar-refractivity contribution in [1.82, 2.24) is 0 Å². The third-order valence-corrected chi connectivity index (χ3v) is 14.0. The maximum absolute atomic E-state index is 12.5. The summed E-state index contributed by atoms with van der Waals surface area (Å²) in [7, 11) is 0. The lowest BCUT2D eigenvalue weighted by Gasteiger charge is -2.49. The highest BCUT2D eigenvalue weighted by Crippen LogP contribution is 2.56. The van der Waals surface area contributed by atoms with Crippen LogP contribution in [-0.2, 0) is 23.7 Å². The Morgan fingerprint density at radius 3 is 2.48 bits per heavy atom. The molecule has 0 radical (unpaired) electrons. The van der Waals surface area contributed by atoms with Gasteiger partial charge in [0.1, 0.15) is 11.7 Å². The molecule has 0 unspecified atom stereocenters. The number of allylic oxidation sites excluding steroid dienone is 2. The van der Waals surface area contributed by atoms with Gasteiger partial charge in [-0.2, -0.15) is 0 Å². The summed E-state index contributed by atoms with van der Waals surface area (Å²) in [4.78, 5) is 18.0. The van der Waals surface area contributed by atoms with Crippen molar-refractivity contribution in [2.45, 2.75) is 173 Å². The van der Waals surface area contributed by atoms with Crippen molar-refractivity contribution < 1.29 is 34.0 Å². The molecule has 7 aliphatic rings. The lowest BCUT2D eigenvalue weighted by atomic mass is 9.56. The molecule has 3 fully saturated rings. The van der Waals surface area contributed by atoms with Crippen LogP contribution in [-0.4, -0.2) is 70.0 Å². The van der Waals surface area contributed by atoms with E-state index < -0.39 is 23.3 Å². The first-order valence-corrected chi connectivity index (χ1v) is 19.6. The fourth-order valence-electron chi connectivity index (χ4n) is 10.5. The minimum atomic E-state index is -1.11. The molecule has 8 heteroatoms. The first kappa shape index (κ1) is 36.3. The third-order valence-electron chi connectivity index (χ3n) is 14.0. The molecule has 8 nitrogen and oxygen atoms in total. The number of rotatable bonds is 1. The molecule has 0 aromatic rings. The molecule has 11 atom stereocenters. The molecule has 6 heterocycles. The van der Waals surface area contributed by atoms with Crippen molar-refractivity contribution in [3.63, 3.8) is 0 Å². The molecular formula is C42H61NO7. The summed E-state index contributed by atoms with van der Waals surface area (Å²) in [6.45, 7) is 18.0. The van der Waals surface area contributed by atoms with Crippen molar-refractivity contribution >= 4 is 11.7 Å². The number of aliphatic hydroxyl groups is 2. The van der Waals surface area contributed by atoms with Gasteiger partial charge in [0.15, 0.2) is 5.79 Å². The fraction of sp³-hybridized carbons (Fsp3) is 0.762. The lowest BCUT2D eigenvalue weighted by molar-refractivity contribution is -0.387. The number of carbonyl (C=O) groups excluding carboxylic acids is 1. The van der Waals surface area contributed by atoms with Gasteiger partial charge >= 0.3 is 5.97 Å². The molecule has 0 saturated carbocycles. The quantitative estimate of drug-likeness (QED) is 0.213. The average Bonchev–Trinajstić information content (AvgIpc) is 3.71. The van der Waals surface area contributed by atoms with E-state index in [1.54, 1.807) is 0 Å². The van der Waals surface area contributed by atoms with Gasteiger partial charge in [0.05, 0.1) is 18.3 Å². The summed E-state index contributed by atoms with van der Waals surface area (Å²) in [6.07, 6.45) is 14.0. The second-order valence-corrected chi connectivity index (χ2v) is 17.5. The van der Waals surface area contributed by atoms with Crippen LogP contribution in [0, 0.1) is 23.2 Å². The second kappa shape index (κ2) is 13.4. The second-order valence-electron chi connectivity index (χ2n) is 17.5. The van der Waals surface area contributed by atoms with Gasteiger partial charge in [-0.25, -0.2) is 4.79 Å². The Labute approximate surface area is 299 Å². The Bertz CT molecular complexity index is 1510. The third kappa shape index (κ3) is 6.44. The van der Waals surface area contributed by atoms with E-state index in [1.165, 1.54) is 22.4 Å². The molecule has 6 aliphatic heterocycles. The van der Waals surface area contributed by atoms with E-state index in [1.807, 2.05) is 19.9 Å². The van der Waals surface area contributed by atoms with Gasteiger partial charge in [0, 0.05) is 54.8 Å². The van der Waals surface area contributed by atoms with Crippen molar-refractivity contribution in [3.8, 4) is 0 Å². The van der Waals surface area contributed by atoms with Crippen molar-refractivity contribution in [2.75, 3.05) is 6.54 Å². The van der Waals surface area contributed by atoms with Crippen molar-refractivity contribution in [2.24, 2.45) is 28.2 Å². The number of cyclic esters (lactones) is 1. The maximum atomic E-state index is 12.5. The van der Waals surface area contributed by atoms with E-state index in [9.17, 15) is 15.0 Å². The van der Waals surface area contributed by atoms with Crippen LogP contribution in [0.25, 0.3) is 0 Å². The molecule has 3 saturated heterocycles. The summed E-state index contributed by atoms with van der Waals surface area (Å²) in [6, 6.07) is 0. The molecule has 50 heavy (non-hydrogen) atoms. The van der Waals surface area contributed by atoms with E-state index in [0.29, 0.717) is 49.5 Å². The van der Waals surface area contributed by atoms with Gasteiger partial charge < -0.3 is 29.2 Å². The first-order valence-electron chi connectivity index (χ1n) is 19.6. The minimum Gasteiger partial charge on any atom is -0.450 e. The van der Waals surface area contributed by atoms with E-state index >= 15 is 0 Å². The zero-order valence-corrected chi connectivity index (χ0v) is 31.4. The number of fused-ring (bicyclic) bond motifs is 2. The average molecular weight is 692 g/mol. The highest BCUT2D eigenvalue weighted by Gasteiger charge is 2.64.